The number of alkyl halides is 2. The van der Waals surface area contributed by atoms with Crippen LogP contribution in [0.2, 0.25) is 0 Å². The lowest BCUT2D eigenvalue weighted by Gasteiger charge is -2.07. The summed E-state index contributed by atoms with van der Waals surface area (Å²) in [4.78, 5) is 24.1. The fraction of sp³-hybridized carbons (Fsp3) is 0.364. The number of nitrogens with zero attached hydrogens (tertiary/aromatic N) is 3. The summed E-state index contributed by atoms with van der Waals surface area (Å²) >= 11 is 0. The second kappa shape index (κ2) is 6.51. The Morgan fingerprint density at radius 2 is 2.30 bits per heavy atom. The molecule has 1 rings (SSSR count). The first-order valence-electron chi connectivity index (χ1n) is 5.42. The van der Waals surface area contributed by atoms with Crippen LogP contribution >= 0.6 is 0 Å². The van der Waals surface area contributed by atoms with Crippen LogP contribution in [0.5, 0.6) is 0 Å². The fourth-order valence-corrected chi connectivity index (χ4v) is 1.49. The Hall–Kier alpha value is -2.63. The van der Waals surface area contributed by atoms with Crippen molar-refractivity contribution in [1.82, 2.24) is 4.98 Å². The van der Waals surface area contributed by atoms with E-state index in [2.05, 4.69) is 9.72 Å². The van der Waals surface area contributed by atoms with Gasteiger partial charge in [-0.05, 0) is 16.8 Å². The summed E-state index contributed by atoms with van der Waals surface area (Å²) in [7, 11) is 0. The molecule has 0 aliphatic rings. The molecule has 1 aromatic heterocycles. The Balaban J connectivity index is 3.36. The summed E-state index contributed by atoms with van der Waals surface area (Å²) in [6.07, 6.45) is -3.74. The van der Waals surface area contributed by atoms with E-state index < -0.39 is 40.8 Å². The van der Waals surface area contributed by atoms with Crippen molar-refractivity contribution in [2.45, 2.75) is 19.8 Å². The number of nitriles is 1. The molecule has 0 aliphatic heterocycles. The fourth-order valence-electron chi connectivity index (χ4n) is 1.49. The van der Waals surface area contributed by atoms with Crippen molar-refractivity contribution in [2.75, 3.05) is 6.61 Å². The number of nitro groups is 1. The zero-order valence-corrected chi connectivity index (χ0v) is 10.3. The molecule has 0 aliphatic carbocycles. The molecule has 0 saturated heterocycles. The molecule has 0 radical (unpaired) electrons. The Morgan fingerprint density at radius 3 is 2.75 bits per heavy atom. The monoisotopic (exact) mass is 285 g/mol. The molecule has 0 spiro atoms. The largest absolute Gasteiger partial charge is 0.466 e. The van der Waals surface area contributed by atoms with Crippen LogP contribution in [0.4, 0.5) is 14.6 Å². The van der Waals surface area contributed by atoms with Gasteiger partial charge in [0.2, 0.25) is 5.69 Å². The molecular weight excluding hydrogens is 276 g/mol. The SMILES string of the molecule is CCOC(=O)Cc1c(C#N)cc([N+](=O)[O-])nc1C(F)F. The number of pyridine rings is 1. The molecule has 0 atom stereocenters. The van der Waals surface area contributed by atoms with E-state index in [1.165, 1.54) is 6.92 Å². The Kier molecular flexibility index (Phi) is 5.02. The molecule has 1 aromatic rings. The van der Waals surface area contributed by atoms with Crippen LogP contribution in [0, 0.1) is 21.4 Å². The van der Waals surface area contributed by atoms with Gasteiger partial charge < -0.3 is 14.9 Å². The van der Waals surface area contributed by atoms with Crippen molar-refractivity contribution in [3.05, 3.63) is 33.0 Å². The topological polar surface area (TPSA) is 106 Å². The van der Waals surface area contributed by atoms with E-state index in [9.17, 15) is 23.7 Å². The smallest absolute Gasteiger partial charge is 0.365 e. The summed E-state index contributed by atoms with van der Waals surface area (Å²) in [5, 5.41) is 19.5. The summed E-state index contributed by atoms with van der Waals surface area (Å²) in [5.41, 5.74) is -1.70. The van der Waals surface area contributed by atoms with Crippen LogP contribution in [-0.2, 0) is 16.0 Å². The third kappa shape index (κ3) is 3.44. The molecule has 0 unspecified atom stereocenters. The highest BCUT2D eigenvalue weighted by atomic mass is 19.3. The first-order chi connectivity index (χ1) is 9.40. The minimum atomic E-state index is -3.15. The number of aromatic nitrogens is 1. The maximum absolute atomic E-state index is 12.9. The van der Waals surface area contributed by atoms with Crippen molar-refractivity contribution in [3.63, 3.8) is 0 Å². The van der Waals surface area contributed by atoms with Crippen LogP contribution in [0.25, 0.3) is 0 Å². The molecule has 0 fully saturated rings. The Labute approximate surface area is 111 Å². The zero-order chi connectivity index (χ0) is 15.3. The number of carbonyl (C=O) groups excluding carboxylic acids is 1. The maximum Gasteiger partial charge on any atom is 0.365 e. The number of hydrogen-bond acceptors (Lipinski definition) is 6. The van der Waals surface area contributed by atoms with E-state index in [0.717, 1.165) is 6.07 Å². The third-order valence-corrected chi connectivity index (χ3v) is 2.28. The number of carbonyl (C=O) groups is 1. The van der Waals surface area contributed by atoms with Gasteiger partial charge in [-0.2, -0.15) is 5.26 Å². The van der Waals surface area contributed by atoms with E-state index in [-0.39, 0.29) is 12.2 Å². The first kappa shape index (κ1) is 15.4. The molecule has 9 heteroatoms. The highest BCUT2D eigenvalue weighted by Gasteiger charge is 2.28. The van der Waals surface area contributed by atoms with Crippen molar-refractivity contribution in [3.8, 4) is 6.07 Å². The van der Waals surface area contributed by atoms with Gasteiger partial charge in [0.05, 0.1) is 30.7 Å². The molecule has 0 amide bonds. The summed E-state index contributed by atoms with van der Waals surface area (Å²) in [6.45, 7) is 1.58. The van der Waals surface area contributed by atoms with Gasteiger partial charge in [0.15, 0.2) is 0 Å². The van der Waals surface area contributed by atoms with Gasteiger partial charge in [-0.25, -0.2) is 8.78 Å². The van der Waals surface area contributed by atoms with Crippen molar-refractivity contribution >= 4 is 11.8 Å². The average Bonchev–Trinajstić information content (AvgIpc) is 2.38. The van der Waals surface area contributed by atoms with Gasteiger partial charge in [-0.15, -0.1) is 0 Å². The van der Waals surface area contributed by atoms with E-state index in [1.54, 1.807) is 6.07 Å². The van der Waals surface area contributed by atoms with Gasteiger partial charge in [-0.1, -0.05) is 0 Å². The molecule has 0 saturated carbocycles. The number of esters is 1. The number of ether oxygens (including phenoxy) is 1. The lowest BCUT2D eigenvalue weighted by Crippen LogP contribution is -2.13. The molecule has 7 nitrogen and oxygen atoms in total. The van der Waals surface area contributed by atoms with Gasteiger partial charge >= 0.3 is 18.2 Å². The van der Waals surface area contributed by atoms with Gasteiger partial charge in [0.1, 0.15) is 0 Å². The van der Waals surface area contributed by atoms with Crippen LogP contribution in [0.3, 0.4) is 0 Å². The van der Waals surface area contributed by atoms with Crippen LogP contribution in [-0.4, -0.2) is 22.5 Å². The normalized spacial score (nSPS) is 10.2. The molecule has 0 N–H and O–H groups in total. The number of halogens is 2. The molecular formula is C11H9F2N3O4. The van der Waals surface area contributed by atoms with E-state index in [1.807, 2.05) is 0 Å². The second-order valence-corrected chi connectivity index (χ2v) is 3.54. The lowest BCUT2D eigenvalue weighted by atomic mass is 10.0. The first-order valence-corrected chi connectivity index (χ1v) is 5.42. The van der Waals surface area contributed by atoms with Gasteiger partial charge in [0.25, 0.3) is 0 Å². The van der Waals surface area contributed by atoms with Gasteiger partial charge in [-0.3, -0.25) is 4.79 Å². The highest BCUT2D eigenvalue weighted by Crippen LogP contribution is 2.27. The highest BCUT2D eigenvalue weighted by molar-refractivity contribution is 5.74. The summed E-state index contributed by atoms with van der Waals surface area (Å²) in [5.74, 6) is -1.69. The van der Waals surface area contributed by atoms with Crippen molar-refractivity contribution < 1.29 is 23.2 Å². The average molecular weight is 285 g/mol. The lowest BCUT2D eigenvalue weighted by molar-refractivity contribution is -0.389. The van der Waals surface area contributed by atoms with E-state index >= 15 is 0 Å². The predicted molar refractivity (Wildman–Crippen MR) is 60.9 cm³/mol. The van der Waals surface area contributed by atoms with Crippen molar-refractivity contribution in [2.24, 2.45) is 0 Å². The maximum atomic E-state index is 12.9. The van der Waals surface area contributed by atoms with Crippen LogP contribution in [0.1, 0.15) is 30.2 Å². The molecule has 0 bridgehead atoms. The predicted octanol–water partition coefficient (Wildman–Crippen LogP) is 1.90. The van der Waals surface area contributed by atoms with Crippen LogP contribution < -0.4 is 0 Å². The Bertz CT molecular complexity index is 584. The Morgan fingerprint density at radius 1 is 1.65 bits per heavy atom. The minimum Gasteiger partial charge on any atom is -0.466 e. The quantitative estimate of drug-likeness (QED) is 0.464. The van der Waals surface area contributed by atoms with Crippen LogP contribution in [0.15, 0.2) is 6.07 Å². The standard InChI is InChI=1S/C11H9F2N3O4/c1-2-20-9(17)4-7-6(5-14)3-8(16(18)19)15-10(7)11(12)13/h3,11H,2,4H2,1H3. The second-order valence-electron chi connectivity index (χ2n) is 3.54. The van der Waals surface area contributed by atoms with E-state index in [4.69, 9.17) is 5.26 Å². The van der Waals surface area contributed by atoms with E-state index in [0.29, 0.717) is 0 Å². The number of rotatable bonds is 5. The molecule has 20 heavy (non-hydrogen) atoms. The molecule has 106 valence electrons. The zero-order valence-electron chi connectivity index (χ0n) is 10.3. The third-order valence-electron chi connectivity index (χ3n) is 2.28. The summed E-state index contributed by atoms with van der Waals surface area (Å²) in [6, 6.07) is 2.30. The van der Waals surface area contributed by atoms with Gasteiger partial charge in [0, 0.05) is 5.56 Å². The molecule has 0 aromatic carbocycles. The minimum absolute atomic E-state index is 0.0468. The number of hydrogen-bond donors (Lipinski definition) is 0. The van der Waals surface area contributed by atoms with Crippen molar-refractivity contribution in [1.29, 1.82) is 5.26 Å². The summed E-state index contributed by atoms with van der Waals surface area (Å²) < 4.78 is 30.4. The molecule has 1 heterocycles.